The minimum Gasteiger partial charge on any atom is -0.321 e. The molecule has 1 amide bonds. The van der Waals surface area contributed by atoms with Crippen LogP contribution in [0.15, 0.2) is 48.9 Å². The molecule has 9 heteroatoms. The number of aryl methyl sites for hydroxylation is 2. The summed E-state index contributed by atoms with van der Waals surface area (Å²) in [5, 5.41) is 3.42. The molecular weight excluding hydrogens is 431 g/mol. The average molecular weight is 451 g/mol. The average Bonchev–Trinajstić information content (AvgIpc) is 2.79. The van der Waals surface area contributed by atoms with E-state index in [-0.39, 0.29) is 11.1 Å². The predicted octanol–water partition coefficient (Wildman–Crippen LogP) is 5.54. The molecule has 0 spiro atoms. The number of halogens is 3. The third-order valence-electron chi connectivity index (χ3n) is 5.34. The highest BCUT2D eigenvalue weighted by atomic mass is 19.4. The first-order chi connectivity index (χ1) is 15.7. The number of anilines is 1. The molecule has 168 valence electrons. The van der Waals surface area contributed by atoms with Crippen LogP contribution in [0.1, 0.15) is 39.9 Å². The molecule has 6 nitrogen and oxygen atoms in total. The number of nitrogens with one attached hydrogen (secondary N) is 1. The van der Waals surface area contributed by atoms with E-state index < -0.39 is 17.6 Å². The predicted molar refractivity (Wildman–Crippen MR) is 119 cm³/mol. The third-order valence-corrected chi connectivity index (χ3v) is 5.34. The third kappa shape index (κ3) is 4.52. The first kappa shape index (κ1) is 22.3. The van der Waals surface area contributed by atoms with Crippen molar-refractivity contribution in [3.63, 3.8) is 0 Å². The van der Waals surface area contributed by atoms with Crippen LogP contribution < -0.4 is 5.32 Å². The molecule has 0 aliphatic heterocycles. The highest BCUT2D eigenvalue weighted by molar-refractivity contribution is 6.05. The van der Waals surface area contributed by atoms with Gasteiger partial charge < -0.3 is 5.32 Å². The zero-order valence-electron chi connectivity index (χ0n) is 18.2. The number of amides is 1. The van der Waals surface area contributed by atoms with Gasteiger partial charge in [-0.2, -0.15) is 13.2 Å². The Labute approximate surface area is 188 Å². The summed E-state index contributed by atoms with van der Waals surface area (Å²) in [5.41, 5.74) is 2.10. The summed E-state index contributed by atoms with van der Waals surface area (Å²) >= 11 is 0. The highest BCUT2D eigenvalue weighted by Gasteiger charge is 2.33. The zero-order chi connectivity index (χ0) is 23.8. The van der Waals surface area contributed by atoms with Gasteiger partial charge in [-0.05, 0) is 43.7 Å². The van der Waals surface area contributed by atoms with Gasteiger partial charge in [0, 0.05) is 46.6 Å². The van der Waals surface area contributed by atoms with E-state index in [1.54, 1.807) is 18.5 Å². The van der Waals surface area contributed by atoms with Crippen molar-refractivity contribution >= 4 is 22.6 Å². The standard InChI is InChI=1S/C24H20F3N5O/c1-4-21-29-11-16-8-15(10-30-22(16)32-21)19-9-17(12-28-14(19)3)31-23(33)18-6-5-7-20(13(18)2)24(25,26)27/h5-12H,4H2,1-3H3,(H,31,33). The zero-order valence-corrected chi connectivity index (χ0v) is 18.2. The van der Waals surface area contributed by atoms with Crippen molar-refractivity contribution in [3.8, 4) is 11.1 Å². The van der Waals surface area contributed by atoms with Crippen LogP contribution in [0.2, 0.25) is 0 Å². The Morgan fingerprint density at radius 3 is 2.55 bits per heavy atom. The van der Waals surface area contributed by atoms with Gasteiger partial charge >= 0.3 is 6.18 Å². The number of alkyl halides is 3. The lowest BCUT2D eigenvalue weighted by molar-refractivity contribution is -0.138. The number of benzene rings is 1. The topological polar surface area (TPSA) is 80.7 Å². The van der Waals surface area contributed by atoms with Crippen molar-refractivity contribution in [1.82, 2.24) is 19.9 Å². The normalized spacial score (nSPS) is 11.6. The number of hydrogen-bond donors (Lipinski definition) is 1. The highest BCUT2D eigenvalue weighted by Crippen LogP contribution is 2.33. The van der Waals surface area contributed by atoms with Gasteiger partial charge in [0.2, 0.25) is 0 Å². The molecule has 0 aliphatic carbocycles. The van der Waals surface area contributed by atoms with Crippen molar-refractivity contribution in [3.05, 3.63) is 77.1 Å². The van der Waals surface area contributed by atoms with Gasteiger partial charge in [-0.25, -0.2) is 15.0 Å². The van der Waals surface area contributed by atoms with Gasteiger partial charge in [-0.3, -0.25) is 9.78 Å². The minimum atomic E-state index is -4.54. The van der Waals surface area contributed by atoms with E-state index in [1.807, 2.05) is 19.9 Å². The van der Waals surface area contributed by atoms with E-state index in [2.05, 4.69) is 25.3 Å². The number of nitrogens with zero attached hydrogens (tertiary/aromatic N) is 4. The van der Waals surface area contributed by atoms with Crippen LogP contribution in [0.25, 0.3) is 22.2 Å². The van der Waals surface area contributed by atoms with Gasteiger partial charge in [-0.15, -0.1) is 0 Å². The summed E-state index contributed by atoms with van der Waals surface area (Å²) in [4.78, 5) is 30.2. The number of pyridine rings is 2. The fraction of sp³-hybridized carbons (Fsp3) is 0.208. The van der Waals surface area contributed by atoms with E-state index >= 15 is 0 Å². The Morgan fingerprint density at radius 1 is 1.03 bits per heavy atom. The molecule has 33 heavy (non-hydrogen) atoms. The van der Waals surface area contributed by atoms with Crippen LogP contribution in [-0.4, -0.2) is 25.8 Å². The lowest BCUT2D eigenvalue weighted by Gasteiger charge is -2.14. The van der Waals surface area contributed by atoms with Crippen molar-refractivity contribution < 1.29 is 18.0 Å². The number of aromatic nitrogens is 4. The molecule has 0 unspecified atom stereocenters. The second-order valence-corrected chi connectivity index (χ2v) is 7.56. The maximum absolute atomic E-state index is 13.2. The Kier molecular flexibility index (Phi) is 5.80. The molecule has 0 saturated carbocycles. The molecule has 0 bridgehead atoms. The van der Waals surface area contributed by atoms with Crippen molar-refractivity contribution in [2.45, 2.75) is 33.4 Å². The van der Waals surface area contributed by atoms with E-state index in [4.69, 9.17) is 0 Å². The molecule has 0 radical (unpaired) electrons. The van der Waals surface area contributed by atoms with Crippen LogP contribution in [0.5, 0.6) is 0 Å². The SMILES string of the molecule is CCc1ncc2cc(-c3cc(NC(=O)c4cccc(C(F)(F)F)c4C)cnc3C)cnc2n1. The molecule has 0 atom stereocenters. The van der Waals surface area contributed by atoms with Crippen molar-refractivity contribution in [2.24, 2.45) is 0 Å². The molecular formula is C24H20F3N5O. The van der Waals surface area contributed by atoms with Gasteiger partial charge in [0.15, 0.2) is 5.65 Å². The lowest BCUT2D eigenvalue weighted by Crippen LogP contribution is -2.17. The lowest BCUT2D eigenvalue weighted by atomic mass is 10.0. The van der Waals surface area contributed by atoms with Crippen LogP contribution in [-0.2, 0) is 12.6 Å². The maximum Gasteiger partial charge on any atom is 0.416 e. The number of fused-ring (bicyclic) bond motifs is 1. The fourth-order valence-electron chi connectivity index (χ4n) is 3.56. The monoisotopic (exact) mass is 451 g/mol. The summed E-state index contributed by atoms with van der Waals surface area (Å²) in [7, 11) is 0. The number of carbonyl (C=O) groups excluding carboxylic acids is 1. The summed E-state index contributed by atoms with van der Waals surface area (Å²) in [6.45, 7) is 5.06. The van der Waals surface area contributed by atoms with Crippen molar-refractivity contribution in [2.75, 3.05) is 5.32 Å². The Bertz CT molecular complexity index is 1370. The summed E-state index contributed by atoms with van der Waals surface area (Å²) in [6.07, 6.45) is 1.01. The van der Waals surface area contributed by atoms with Crippen LogP contribution >= 0.6 is 0 Å². The second kappa shape index (κ2) is 8.57. The molecule has 1 N–H and O–H groups in total. The van der Waals surface area contributed by atoms with Crippen LogP contribution in [0, 0.1) is 13.8 Å². The summed E-state index contributed by atoms with van der Waals surface area (Å²) < 4.78 is 39.6. The maximum atomic E-state index is 13.2. The largest absolute Gasteiger partial charge is 0.416 e. The van der Waals surface area contributed by atoms with Crippen LogP contribution in [0.3, 0.4) is 0 Å². The number of carbonyl (C=O) groups is 1. The smallest absolute Gasteiger partial charge is 0.321 e. The molecule has 4 rings (SSSR count). The van der Waals surface area contributed by atoms with E-state index in [0.29, 0.717) is 29.3 Å². The molecule has 3 aromatic heterocycles. The molecule has 4 aromatic rings. The van der Waals surface area contributed by atoms with Crippen molar-refractivity contribution in [1.29, 1.82) is 0 Å². The van der Waals surface area contributed by atoms with E-state index in [0.717, 1.165) is 22.6 Å². The molecule has 0 saturated heterocycles. The molecule has 3 heterocycles. The summed E-state index contributed by atoms with van der Waals surface area (Å²) in [5.74, 6) is 0.0579. The van der Waals surface area contributed by atoms with E-state index in [1.165, 1.54) is 25.3 Å². The fourth-order valence-corrected chi connectivity index (χ4v) is 3.56. The van der Waals surface area contributed by atoms with Gasteiger partial charge in [-0.1, -0.05) is 13.0 Å². The van der Waals surface area contributed by atoms with E-state index in [9.17, 15) is 18.0 Å². The quantitative estimate of drug-likeness (QED) is 0.441. The van der Waals surface area contributed by atoms with Crippen LogP contribution in [0.4, 0.5) is 18.9 Å². The van der Waals surface area contributed by atoms with Gasteiger partial charge in [0.05, 0.1) is 17.4 Å². The first-order valence-electron chi connectivity index (χ1n) is 10.2. The Morgan fingerprint density at radius 2 is 1.82 bits per heavy atom. The molecule has 1 aromatic carbocycles. The summed E-state index contributed by atoms with van der Waals surface area (Å²) in [6, 6.07) is 7.13. The van der Waals surface area contributed by atoms with Gasteiger partial charge in [0.25, 0.3) is 5.91 Å². The number of rotatable bonds is 4. The second-order valence-electron chi connectivity index (χ2n) is 7.56. The molecule has 0 aliphatic rings. The Balaban J connectivity index is 1.66. The van der Waals surface area contributed by atoms with Gasteiger partial charge in [0.1, 0.15) is 5.82 Å². The Hall–Kier alpha value is -3.88. The minimum absolute atomic E-state index is 0.0526. The number of hydrogen-bond acceptors (Lipinski definition) is 5. The molecule has 0 fully saturated rings. The first-order valence-corrected chi connectivity index (χ1v) is 10.2.